The summed E-state index contributed by atoms with van der Waals surface area (Å²) in [5, 5.41) is 0. The van der Waals surface area contributed by atoms with Gasteiger partial charge in [0.05, 0.1) is 7.11 Å². The second kappa shape index (κ2) is 4.11. The molecule has 0 heterocycles. The Morgan fingerprint density at radius 2 is 2.14 bits per heavy atom. The molecule has 1 unspecified atom stereocenters. The van der Waals surface area contributed by atoms with Gasteiger partial charge in [-0.3, -0.25) is 4.79 Å². The number of rotatable bonds is 3. The smallest absolute Gasteiger partial charge is 0.249 e. The molecule has 1 atom stereocenters. The van der Waals surface area contributed by atoms with Gasteiger partial charge >= 0.3 is 0 Å². The third-order valence-electron chi connectivity index (χ3n) is 2.01. The molecule has 4 heteroatoms. The van der Waals surface area contributed by atoms with Gasteiger partial charge in [0.25, 0.3) is 0 Å². The van der Waals surface area contributed by atoms with E-state index in [0.717, 1.165) is 0 Å². The molecule has 14 heavy (non-hydrogen) atoms. The minimum absolute atomic E-state index is 0.243. The van der Waals surface area contributed by atoms with Gasteiger partial charge in [-0.1, -0.05) is 0 Å². The monoisotopic (exact) mass is 194 g/mol. The van der Waals surface area contributed by atoms with Crippen LogP contribution in [0.3, 0.4) is 0 Å². The van der Waals surface area contributed by atoms with Crippen molar-refractivity contribution in [1.29, 1.82) is 0 Å². The molecule has 4 N–H and O–H groups in total. The predicted octanol–water partition coefficient (Wildman–Crippen LogP) is 0.814. The molecule has 0 spiro atoms. The first kappa shape index (κ1) is 10.5. The Balaban J connectivity index is 3.24. The average Bonchev–Trinajstić information content (AvgIpc) is 2.16. The Bertz CT molecular complexity index is 348. The zero-order valence-corrected chi connectivity index (χ0v) is 8.28. The van der Waals surface area contributed by atoms with E-state index in [2.05, 4.69) is 0 Å². The summed E-state index contributed by atoms with van der Waals surface area (Å²) < 4.78 is 5.03. The third-order valence-corrected chi connectivity index (χ3v) is 2.01. The highest BCUT2D eigenvalue weighted by Crippen LogP contribution is 2.21. The molecular formula is C10H14N2O2. The topological polar surface area (TPSA) is 78.3 Å². The van der Waals surface area contributed by atoms with E-state index in [1.807, 2.05) is 0 Å². The van der Waals surface area contributed by atoms with Crippen LogP contribution in [0.15, 0.2) is 18.2 Å². The molecule has 0 fully saturated rings. The molecule has 4 nitrogen and oxygen atoms in total. The number of benzene rings is 1. The molecule has 1 aromatic rings. The van der Waals surface area contributed by atoms with Crippen LogP contribution in [0.25, 0.3) is 0 Å². The lowest BCUT2D eigenvalue weighted by molar-refractivity contribution is 0.0999. The number of hydrogen-bond acceptors (Lipinski definition) is 3. The highest BCUT2D eigenvalue weighted by Gasteiger charge is 2.12. The lowest BCUT2D eigenvalue weighted by atomic mass is 10.0. The molecule has 1 amide bonds. The van der Waals surface area contributed by atoms with Crippen molar-refractivity contribution in [1.82, 2.24) is 0 Å². The highest BCUT2D eigenvalue weighted by molar-refractivity contribution is 5.94. The minimum Gasteiger partial charge on any atom is -0.497 e. The number of carbonyl (C=O) groups excluding carboxylic acids is 1. The van der Waals surface area contributed by atoms with Crippen LogP contribution in [0.1, 0.15) is 28.9 Å². The van der Waals surface area contributed by atoms with Crippen molar-refractivity contribution in [3.05, 3.63) is 29.3 Å². The van der Waals surface area contributed by atoms with Crippen molar-refractivity contribution in [2.24, 2.45) is 11.5 Å². The molecule has 0 aliphatic carbocycles. The summed E-state index contributed by atoms with van der Waals surface area (Å²) in [6, 6.07) is 4.80. The number of ether oxygens (including phenoxy) is 1. The molecule has 76 valence electrons. The van der Waals surface area contributed by atoms with Gasteiger partial charge in [0.2, 0.25) is 5.91 Å². The number of primary amides is 1. The van der Waals surface area contributed by atoms with E-state index in [1.54, 1.807) is 32.2 Å². The summed E-state index contributed by atoms with van der Waals surface area (Å²) in [7, 11) is 1.56. The zero-order valence-electron chi connectivity index (χ0n) is 8.28. The quantitative estimate of drug-likeness (QED) is 0.747. The van der Waals surface area contributed by atoms with E-state index in [-0.39, 0.29) is 6.04 Å². The fourth-order valence-electron chi connectivity index (χ4n) is 1.27. The summed E-state index contributed by atoms with van der Waals surface area (Å²) in [6.45, 7) is 1.79. The SMILES string of the molecule is COc1ccc(C(N)=O)c(C(C)N)c1. The van der Waals surface area contributed by atoms with Crippen LogP contribution < -0.4 is 16.2 Å². The Hall–Kier alpha value is -1.55. The second-order valence-electron chi connectivity index (χ2n) is 3.11. The van der Waals surface area contributed by atoms with E-state index in [4.69, 9.17) is 16.2 Å². The largest absolute Gasteiger partial charge is 0.497 e. The van der Waals surface area contributed by atoms with Crippen molar-refractivity contribution >= 4 is 5.91 Å². The Kier molecular flexibility index (Phi) is 3.09. The Morgan fingerprint density at radius 3 is 2.57 bits per heavy atom. The lowest BCUT2D eigenvalue weighted by Gasteiger charge is -2.11. The highest BCUT2D eigenvalue weighted by atomic mass is 16.5. The summed E-state index contributed by atoms with van der Waals surface area (Å²) in [5.41, 5.74) is 12.1. The van der Waals surface area contributed by atoms with Gasteiger partial charge in [0.1, 0.15) is 5.75 Å². The molecule has 0 radical (unpaired) electrons. The van der Waals surface area contributed by atoms with Gasteiger partial charge in [-0.05, 0) is 30.7 Å². The van der Waals surface area contributed by atoms with Crippen LogP contribution in [0, 0.1) is 0 Å². The molecule has 1 aromatic carbocycles. The fourth-order valence-corrected chi connectivity index (χ4v) is 1.27. The fraction of sp³-hybridized carbons (Fsp3) is 0.300. The van der Waals surface area contributed by atoms with Gasteiger partial charge in [0, 0.05) is 11.6 Å². The molecule has 0 aliphatic heterocycles. The van der Waals surface area contributed by atoms with Crippen LogP contribution in [-0.2, 0) is 0 Å². The maximum Gasteiger partial charge on any atom is 0.249 e. The molecule has 0 aliphatic rings. The maximum absolute atomic E-state index is 11.1. The molecule has 0 saturated heterocycles. The van der Waals surface area contributed by atoms with Crippen LogP contribution in [0.4, 0.5) is 0 Å². The lowest BCUT2D eigenvalue weighted by Crippen LogP contribution is -2.17. The minimum atomic E-state index is -0.472. The van der Waals surface area contributed by atoms with Crippen molar-refractivity contribution in [3.8, 4) is 5.75 Å². The average molecular weight is 194 g/mol. The van der Waals surface area contributed by atoms with Crippen LogP contribution in [-0.4, -0.2) is 13.0 Å². The van der Waals surface area contributed by atoms with Crippen LogP contribution >= 0.6 is 0 Å². The van der Waals surface area contributed by atoms with Crippen molar-refractivity contribution in [3.63, 3.8) is 0 Å². The van der Waals surface area contributed by atoms with Gasteiger partial charge in [-0.2, -0.15) is 0 Å². The van der Waals surface area contributed by atoms with Crippen LogP contribution in [0.2, 0.25) is 0 Å². The number of nitrogens with two attached hydrogens (primary N) is 2. The first-order valence-electron chi connectivity index (χ1n) is 4.29. The maximum atomic E-state index is 11.1. The molecule has 0 saturated carbocycles. The Morgan fingerprint density at radius 1 is 1.50 bits per heavy atom. The van der Waals surface area contributed by atoms with E-state index in [1.165, 1.54) is 0 Å². The molecule has 0 aromatic heterocycles. The van der Waals surface area contributed by atoms with E-state index in [9.17, 15) is 4.79 Å². The normalized spacial score (nSPS) is 12.2. The first-order valence-corrected chi connectivity index (χ1v) is 4.29. The summed E-state index contributed by atoms with van der Waals surface area (Å²) >= 11 is 0. The van der Waals surface area contributed by atoms with Gasteiger partial charge < -0.3 is 16.2 Å². The number of methoxy groups -OCH3 is 1. The summed E-state index contributed by atoms with van der Waals surface area (Å²) in [5.74, 6) is 0.197. The number of hydrogen-bond donors (Lipinski definition) is 2. The van der Waals surface area contributed by atoms with Gasteiger partial charge in [-0.25, -0.2) is 0 Å². The van der Waals surface area contributed by atoms with Crippen molar-refractivity contribution in [2.75, 3.05) is 7.11 Å². The van der Waals surface area contributed by atoms with Crippen molar-refractivity contribution in [2.45, 2.75) is 13.0 Å². The molecule has 0 bridgehead atoms. The first-order chi connectivity index (χ1) is 6.56. The Labute approximate surface area is 82.8 Å². The van der Waals surface area contributed by atoms with Gasteiger partial charge in [-0.15, -0.1) is 0 Å². The van der Waals surface area contributed by atoms with Crippen LogP contribution in [0.5, 0.6) is 5.75 Å². The second-order valence-corrected chi connectivity index (χ2v) is 3.11. The molecular weight excluding hydrogens is 180 g/mol. The van der Waals surface area contributed by atoms with E-state index < -0.39 is 5.91 Å². The number of amides is 1. The molecule has 1 rings (SSSR count). The predicted molar refractivity (Wildman–Crippen MR) is 54.1 cm³/mol. The van der Waals surface area contributed by atoms with Gasteiger partial charge in [0.15, 0.2) is 0 Å². The third kappa shape index (κ3) is 2.03. The standard InChI is InChI=1S/C10H14N2O2/c1-6(11)9-5-7(14-2)3-4-8(9)10(12)13/h3-6H,11H2,1-2H3,(H2,12,13). The summed E-state index contributed by atoms with van der Waals surface area (Å²) in [6.07, 6.45) is 0. The number of carbonyl (C=O) groups is 1. The van der Waals surface area contributed by atoms with E-state index >= 15 is 0 Å². The summed E-state index contributed by atoms with van der Waals surface area (Å²) in [4.78, 5) is 11.1. The van der Waals surface area contributed by atoms with E-state index in [0.29, 0.717) is 16.9 Å². The van der Waals surface area contributed by atoms with Crippen molar-refractivity contribution < 1.29 is 9.53 Å². The zero-order chi connectivity index (χ0) is 10.7.